The molecule has 3 atom stereocenters. The summed E-state index contributed by atoms with van der Waals surface area (Å²) in [6.07, 6.45) is 4.98. The topological polar surface area (TPSA) is 41.1 Å². The zero-order chi connectivity index (χ0) is 15.1. The van der Waals surface area contributed by atoms with Crippen molar-refractivity contribution in [1.82, 2.24) is 10.6 Å². The van der Waals surface area contributed by atoms with Crippen molar-refractivity contribution in [2.75, 3.05) is 6.54 Å². The summed E-state index contributed by atoms with van der Waals surface area (Å²) in [7, 11) is 0. The van der Waals surface area contributed by atoms with Gasteiger partial charge in [-0.3, -0.25) is 4.79 Å². The van der Waals surface area contributed by atoms with E-state index in [9.17, 15) is 4.79 Å². The summed E-state index contributed by atoms with van der Waals surface area (Å²) in [5.74, 6) is 0.425. The second-order valence-corrected chi connectivity index (χ2v) is 6.26. The van der Waals surface area contributed by atoms with Crippen molar-refractivity contribution >= 4 is 18.3 Å². The zero-order valence-electron chi connectivity index (χ0n) is 13.7. The van der Waals surface area contributed by atoms with Crippen LogP contribution in [0, 0.1) is 5.92 Å². The fraction of sp³-hybridized carbons (Fsp3) is 0.611. The van der Waals surface area contributed by atoms with Gasteiger partial charge in [0.2, 0.25) is 5.91 Å². The molecule has 1 heterocycles. The summed E-state index contributed by atoms with van der Waals surface area (Å²) in [6.45, 7) is 5.29. The minimum atomic E-state index is 0. The average molecular weight is 325 g/mol. The Hall–Kier alpha value is -1.06. The molecule has 0 bridgehead atoms. The van der Waals surface area contributed by atoms with Gasteiger partial charge in [-0.25, -0.2) is 0 Å². The molecular formula is C18H29ClN2O. The summed E-state index contributed by atoms with van der Waals surface area (Å²) >= 11 is 0. The molecular weight excluding hydrogens is 296 g/mol. The van der Waals surface area contributed by atoms with Gasteiger partial charge < -0.3 is 10.6 Å². The summed E-state index contributed by atoms with van der Waals surface area (Å²) in [4.78, 5) is 12.5. The molecule has 1 fully saturated rings. The van der Waals surface area contributed by atoms with Crippen LogP contribution in [0.5, 0.6) is 0 Å². The van der Waals surface area contributed by atoms with Crippen LogP contribution in [0.3, 0.4) is 0 Å². The van der Waals surface area contributed by atoms with Gasteiger partial charge in [-0.2, -0.15) is 0 Å². The standard InChI is InChI=1S/C18H28N2O.ClH/c1-3-7-17(13-15-8-5-4-6-9-15)20-18(21)16-10-11-19-14(2)12-16;/h4-6,8-9,14,16-17,19H,3,7,10-13H2,1-2H3,(H,20,21);1H/t14-,16-,17?;/m0./s1. The summed E-state index contributed by atoms with van der Waals surface area (Å²) < 4.78 is 0. The number of hydrogen-bond donors (Lipinski definition) is 2. The largest absolute Gasteiger partial charge is 0.353 e. The first-order valence-corrected chi connectivity index (χ1v) is 8.26. The highest BCUT2D eigenvalue weighted by Gasteiger charge is 2.26. The van der Waals surface area contributed by atoms with Gasteiger partial charge in [0.15, 0.2) is 0 Å². The SMILES string of the molecule is CCCC(Cc1ccccc1)NC(=O)[C@H]1CCN[C@@H](C)C1.Cl. The monoisotopic (exact) mass is 324 g/mol. The van der Waals surface area contributed by atoms with Gasteiger partial charge >= 0.3 is 0 Å². The molecule has 22 heavy (non-hydrogen) atoms. The van der Waals surface area contributed by atoms with Crippen molar-refractivity contribution in [2.24, 2.45) is 5.92 Å². The van der Waals surface area contributed by atoms with Gasteiger partial charge in [-0.15, -0.1) is 12.4 Å². The van der Waals surface area contributed by atoms with Gasteiger partial charge in [0.05, 0.1) is 0 Å². The Balaban J connectivity index is 0.00000242. The molecule has 4 heteroatoms. The van der Waals surface area contributed by atoms with Gasteiger partial charge in [0, 0.05) is 18.0 Å². The predicted octanol–water partition coefficient (Wildman–Crippen LogP) is 3.32. The number of carbonyl (C=O) groups excluding carboxylic acids is 1. The van der Waals surface area contributed by atoms with E-state index in [1.54, 1.807) is 0 Å². The Labute approximate surface area is 140 Å². The molecule has 1 unspecified atom stereocenters. The lowest BCUT2D eigenvalue weighted by molar-refractivity contribution is -0.126. The van der Waals surface area contributed by atoms with E-state index in [2.05, 4.69) is 48.7 Å². The number of rotatable bonds is 6. The molecule has 1 aliphatic rings. The Morgan fingerprint density at radius 1 is 1.36 bits per heavy atom. The lowest BCUT2D eigenvalue weighted by Crippen LogP contribution is -2.45. The third-order valence-corrected chi connectivity index (χ3v) is 4.30. The van der Waals surface area contributed by atoms with Crippen molar-refractivity contribution in [2.45, 2.75) is 58.0 Å². The molecule has 1 aliphatic heterocycles. The highest BCUT2D eigenvalue weighted by atomic mass is 35.5. The third kappa shape index (κ3) is 5.98. The molecule has 124 valence electrons. The van der Waals surface area contributed by atoms with Crippen molar-refractivity contribution in [3.63, 3.8) is 0 Å². The van der Waals surface area contributed by atoms with Crippen molar-refractivity contribution in [3.8, 4) is 0 Å². The smallest absolute Gasteiger partial charge is 0.223 e. The van der Waals surface area contributed by atoms with E-state index in [0.29, 0.717) is 6.04 Å². The molecule has 3 nitrogen and oxygen atoms in total. The second kappa shape index (κ2) is 9.86. The zero-order valence-corrected chi connectivity index (χ0v) is 14.5. The minimum absolute atomic E-state index is 0. The van der Waals surface area contributed by atoms with Gasteiger partial charge in [0.1, 0.15) is 0 Å². The molecule has 0 radical (unpaired) electrons. The quantitative estimate of drug-likeness (QED) is 0.842. The first-order chi connectivity index (χ1) is 10.2. The van der Waals surface area contributed by atoms with Crippen molar-refractivity contribution in [1.29, 1.82) is 0 Å². The predicted molar refractivity (Wildman–Crippen MR) is 94.4 cm³/mol. The number of piperidine rings is 1. The molecule has 2 rings (SSSR count). The first kappa shape index (κ1) is 19.0. The van der Waals surface area contributed by atoms with Crippen LogP contribution in [-0.2, 0) is 11.2 Å². The maximum Gasteiger partial charge on any atom is 0.223 e. The van der Waals surface area contributed by atoms with E-state index in [1.165, 1.54) is 5.56 Å². The van der Waals surface area contributed by atoms with Crippen LogP contribution in [0.2, 0.25) is 0 Å². The summed E-state index contributed by atoms with van der Waals surface area (Å²) in [5.41, 5.74) is 1.30. The molecule has 1 amide bonds. The lowest BCUT2D eigenvalue weighted by Gasteiger charge is -2.29. The minimum Gasteiger partial charge on any atom is -0.353 e. The molecule has 0 spiro atoms. The Morgan fingerprint density at radius 2 is 2.09 bits per heavy atom. The van der Waals surface area contributed by atoms with Gasteiger partial charge in [0.25, 0.3) is 0 Å². The highest BCUT2D eigenvalue weighted by Crippen LogP contribution is 2.17. The molecule has 1 aromatic rings. The highest BCUT2D eigenvalue weighted by molar-refractivity contribution is 5.85. The van der Waals surface area contributed by atoms with Crippen LogP contribution >= 0.6 is 12.4 Å². The van der Waals surface area contributed by atoms with Crippen LogP contribution in [-0.4, -0.2) is 24.5 Å². The van der Waals surface area contributed by atoms with E-state index in [1.807, 2.05) is 6.07 Å². The van der Waals surface area contributed by atoms with Crippen LogP contribution < -0.4 is 10.6 Å². The fourth-order valence-corrected chi connectivity index (χ4v) is 3.16. The molecule has 0 aromatic heterocycles. The Morgan fingerprint density at radius 3 is 2.73 bits per heavy atom. The number of halogens is 1. The molecule has 0 saturated carbocycles. The van der Waals surface area contributed by atoms with E-state index in [4.69, 9.17) is 0 Å². The first-order valence-electron chi connectivity index (χ1n) is 8.26. The number of nitrogens with one attached hydrogen (secondary N) is 2. The average Bonchev–Trinajstić information content (AvgIpc) is 2.48. The third-order valence-electron chi connectivity index (χ3n) is 4.30. The van der Waals surface area contributed by atoms with Crippen LogP contribution in [0.1, 0.15) is 45.1 Å². The van der Waals surface area contributed by atoms with E-state index in [-0.39, 0.29) is 30.3 Å². The maximum absolute atomic E-state index is 12.5. The summed E-state index contributed by atoms with van der Waals surface area (Å²) in [6, 6.07) is 11.2. The number of amides is 1. The van der Waals surface area contributed by atoms with E-state index < -0.39 is 0 Å². The van der Waals surface area contributed by atoms with Crippen molar-refractivity contribution in [3.05, 3.63) is 35.9 Å². The second-order valence-electron chi connectivity index (χ2n) is 6.26. The molecule has 2 N–H and O–H groups in total. The van der Waals surface area contributed by atoms with Crippen LogP contribution in [0.25, 0.3) is 0 Å². The van der Waals surface area contributed by atoms with Crippen LogP contribution in [0.15, 0.2) is 30.3 Å². The number of benzene rings is 1. The fourth-order valence-electron chi connectivity index (χ4n) is 3.16. The maximum atomic E-state index is 12.5. The van der Waals surface area contributed by atoms with Gasteiger partial charge in [-0.1, -0.05) is 43.7 Å². The van der Waals surface area contributed by atoms with Crippen molar-refractivity contribution < 1.29 is 4.79 Å². The molecule has 1 aromatic carbocycles. The molecule has 1 saturated heterocycles. The summed E-state index contributed by atoms with van der Waals surface area (Å²) in [5, 5.41) is 6.70. The molecule has 0 aliphatic carbocycles. The Kier molecular flexibility index (Phi) is 8.51. The number of hydrogen-bond acceptors (Lipinski definition) is 2. The van der Waals surface area contributed by atoms with E-state index in [0.717, 1.165) is 38.6 Å². The van der Waals surface area contributed by atoms with E-state index >= 15 is 0 Å². The van der Waals surface area contributed by atoms with Crippen LogP contribution in [0.4, 0.5) is 0 Å². The number of carbonyl (C=O) groups is 1. The Bertz CT molecular complexity index is 438. The van der Waals surface area contributed by atoms with Gasteiger partial charge in [-0.05, 0) is 44.7 Å². The normalized spacial score (nSPS) is 22.5. The lowest BCUT2D eigenvalue weighted by atomic mass is 9.91.